The number of nitrogen functional groups attached to an aromatic ring is 1. The van der Waals surface area contributed by atoms with Gasteiger partial charge in [0.1, 0.15) is 5.82 Å². The van der Waals surface area contributed by atoms with Gasteiger partial charge in [-0.1, -0.05) is 0 Å². The van der Waals surface area contributed by atoms with Crippen molar-refractivity contribution >= 4 is 11.5 Å². The molecule has 17 heavy (non-hydrogen) atoms. The molecule has 0 bridgehead atoms. The number of rotatable bonds is 4. The van der Waals surface area contributed by atoms with E-state index in [-0.39, 0.29) is 5.60 Å². The molecule has 2 heterocycles. The number of aryl methyl sites for hydroxylation is 2. The minimum absolute atomic E-state index is 0.0663. The van der Waals surface area contributed by atoms with Gasteiger partial charge in [-0.15, -0.1) is 0 Å². The van der Waals surface area contributed by atoms with Crippen LogP contribution in [0.1, 0.15) is 32.4 Å². The molecule has 1 fully saturated rings. The monoisotopic (exact) mass is 238 g/mol. The van der Waals surface area contributed by atoms with Crippen LogP contribution in [0.15, 0.2) is 0 Å². The molecule has 96 valence electrons. The highest BCUT2D eigenvalue weighted by atomic mass is 16.5. The highest BCUT2D eigenvalue weighted by molar-refractivity contribution is 5.64. The maximum atomic E-state index is 6.02. The summed E-state index contributed by atoms with van der Waals surface area (Å²) in [4.78, 5) is 0. The third kappa shape index (κ3) is 2.39. The van der Waals surface area contributed by atoms with Crippen LogP contribution in [0.5, 0.6) is 0 Å². The molecule has 1 saturated heterocycles. The Hall–Kier alpha value is -1.23. The van der Waals surface area contributed by atoms with E-state index in [4.69, 9.17) is 10.5 Å². The van der Waals surface area contributed by atoms with Gasteiger partial charge in [-0.05, 0) is 33.6 Å². The van der Waals surface area contributed by atoms with Crippen LogP contribution in [0.2, 0.25) is 0 Å². The van der Waals surface area contributed by atoms with Crippen molar-refractivity contribution in [3.05, 3.63) is 5.69 Å². The van der Waals surface area contributed by atoms with Gasteiger partial charge < -0.3 is 15.8 Å². The zero-order valence-electron chi connectivity index (χ0n) is 10.9. The van der Waals surface area contributed by atoms with Crippen LogP contribution < -0.4 is 11.1 Å². The fourth-order valence-corrected chi connectivity index (χ4v) is 2.26. The van der Waals surface area contributed by atoms with Crippen molar-refractivity contribution in [2.45, 2.75) is 45.8 Å². The molecule has 5 nitrogen and oxygen atoms in total. The average Bonchev–Trinajstić information content (AvgIpc) is 2.84. The van der Waals surface area contributed by atoms with E-state index >= 15 is 0 Å². The van der Waals surface area contributed by atoms with Crippen molar-refractivity contribution < 1.29 is 4.74 Å². The zero-order chi connectivity index (χ0) is 12.5. The molecule has 0 saturated carbocycles. The van der Waals surface area contributed by atoms with Crippen molar-refractivity contribution in [2.24, 2.45) is 0 Å². The van der Waals surface area contributed by atoms with Crippen LogP contribution in [0, 0.1) is 6.92 Å². The van der Waals surface area contributed by atoms with Gasteiger partial charge in [-0.2, -0.15) is 5.10 Å². The van der Waals surface area contributed by atoms with Crippen LogP contribution in [0.4, 0.5) is 11.5 Å². The lowest BCUT2D eigenvalue weighted by molar-refractivity contribution is 0.0314. The molecule has 0 aliphatic carbocycles. The number of ether oxygens (including phenoxy) is 1. The Morgan fingerprint density at radius 2 is 2.35 bits per heavy atom. The number of nitrogens with one attached hydrogen (secondary N) is 1. The Kier molecular flexibility index (Phi) is 3.28. The number of nitrogens with two attached hydrogens (primary N) is 1. The summed E-state index contributed by atoms with van der Waals surface area (Å²) in [5.74, 6) is 0.918. The summed E-state index contributed by atoms with van der Waals surface area (Å²) >= 11 is 0. The molecular weight excluding hydrogens is 216 g/mol. The summed E-state index contributed by atoms with van der Waals surface area (Å²) in [5, 5.41) is 7.77. The summed E-state index contributed by atoms with van der Waals surface area (Å²) < 4.78 is 7.66. The lowest BCUT2D eigenvalue weighted by atomic mass is 10.0. The van der Waals surface area contributed by atoms with Gasteiger partial charge >= 0.3 is 0 Å². The minimum Gasteiger partial charge on any atom is -0.394 e. The lowest BCUT2D eigenvalue weighted by Crippen LogP contribution is -2.33. The first-order chi connectivity index (χ1) is 8.06. The molecule has 3 N–H and O–H groups in total. The Labute approximate surface area is 102 Å². The minimum atomic E-state index is -0.0663. The average molecular weight is 238 g/mol. The Balaban J connectivity index is 2.08. The predicted molar refractivity (Wildman–Crippen MR) is 69.1 cm³/mol. The van der Waals surface area contributed by atoms with Crippen molar-refractivity contribution in [1.29, 1.82) is 0 Å². The predicted octanol–water partition coefficient (Wildman–Crippen LogP) is 1.77. The first-order valence-electron chi connectivity index (χ1n) is 6.26. The molecule has 0 spiro atoms. The molecular formula is C12H22N4O. The lowest BCUT2D eigenvalue weighted by Gasteiger charge is -2.24. The Morgan fingerprint density at radius 3 is 2.94 bits per heavy atom. The normalized spacial score (nSPS) is 24.2. The molecule has 1 aliphatic rings. The molecule has 0 radical (unpaired) electrons. The summed E-state index contributed by atoms with van der Waals surface area (Å²) in [7, 11) is 0. The summed E-state index contributed by atoms with van der Waals surface area (Å²) in [6.07, 6.45) is 2.23. The second kappa shape index (κ2) is 4.56. The summed E-state index contributed by atoms with van der Waals surface area (Å²) in [6.45, 7) is 8.59. The molecule has 0 aromatic carbocycles. The van der Waals surface area contributed by atoms with Crippen LogP contribution in [-0.2, 0) is 11.3 Å². The molecule has 1 unspecified atom stereocenters. The van der Waals surface area contributed by atoms with E-state index in [9.17, 15) is 0 Å². The van der Waals surface area contributed by atoms with Crippen molar-refractivity contribution in [3.8, 4) is 0 Å². The quantitative estimate of drug-likeness (QED) is 0.839. The van der Waals surface area contributed by atoms with Crippen LogP contribution >= 0.6 is 0 Å². The van der Waals surface area contributed by atoms with E-state index in [0.29, 0.717) is 0 Å². The molecule has 1 aliphatic heterocycles. The molecule has 0 amide bonds. The third-order valence-corrected chi connectivity index (χ3v) is 3.40. The number of anilines is 2. The highest BCUT2D eigenvalue weighted by Gasteiger charge is 2.30. The third-order valence-electron chi connectivity index (χ3n) is 3.40. The SMILES string of the molecule is CCn1nc(C)c(N)c1NCC1(C)CCCO1. The van der Waals surface area contributed by atoms with Crippen LogP contribution in [0.3, 0.4) is 0 Å². The number of hydrogen-bond donors (Lipinski definition) is 2. The molecule has 1 aromatic heterocycles. The number of aromatic nitrogens is 2. The first kappa shape index (κ1) is 12.2. The highest BCUT2D eigenvalue weighted by Crippen LogP contribution is 2.27. The maximum absolute atomic E-state index is 6.02. The van der Waals surface area contributed by atoms with Crippen molar-refractivity contribution in [1.82, 2.24) is 9.78 Å². The number of hydrogen-bond acceptors (Lipinski definition) is 4. The van der Waals surface area contributed by atoms with E-state index in [2.05, 4.69) is 24.3 Å². The largest absolute Gasteiger partial charge is 0.394 e. The zero-order valence-corrected chi connectivity index (χ0v) is 10.9. The molecule has 2 rings (SSSR count). The van der Waals surface area contributed by atoms with Gasteiger partial charge in [0.2, 0.25) is 0 Å². The standard InChI is InChI=1S/C12H22N4O/c1-4-16-11(10(13)9(2)15-16)14-8-12(3)6-5-7-17-12/h14H,4-8,13H2,1-3H3. The molecule has 5 heteroatoms. The van der Waals surface area contributed by atoms with E-state index in [1.807, 2.05) is 11.6 Å². The van der Waals surface area contributed by atoms with Gasteiger partial charge in [0.25, 0.3) is 0 Å². The smallest absolute Gasteiger partial charge is 0.148 e. The van der Waals surface area contributed by atoms with Gasteiger partial charge in [0.05, 0.1) is 17.0 Å². The van der Waals surface area contributed by atoms with Crippen LogP contribution in [0.25, 0.3) is 0 Å². The van der Waals surface area contributed by atoms with Gasteiger partial charge in [0.15, 0.2) is 0 Å². The topological polar surface area (TPSA) is 65.1 Å². The maximum Gasteiger partial charge on any atom is 0.148 e. The number of nitrogens with zero attached hydrogens (tertiary/aromatic N) is 2. The second-order valence-corrected chi connectivity index (χ2v) is 4.92. The van der Waals surface area contributed by atoms with E-state index in [1.54, 1.807) is 0 Å². The Bertz CT molecular complexity index is 393. The van der Waals surface area contributed by atoms with E-state index in [0.717, 1.165) is 49.7 Å². The first-order valence-corrected chi connectivity index (χ1v) is 6.26. The molecule has 1 atom stereocenters. The van der Waals surface area contributed by atoms with Crippen molar-refractivity contribution in [3.63, 3.8) is 0 Å². The summed E-state index contributed by atoms with van der Waals surface area (Å²) in [5.41, 5.74) is 7.58. The van der Waals surface area contributed by atoms with E-state index < -0.39 is 0 Å². The Morgan fingerprint density at radius 1 is 1.59 bits per heavy atom. The second-order valence-electron chi connectivity index (χ2n) is 4.92. The molecule has 1 aromatic rings. The van der Waals surface area contributed by atoms with Gasteiger partial charge in [-0.25, -0.2) is 4.68 Å². The summed E-state index contributed by atoms with van der Waals surface area (Å²) in [6, 6.07) is 0. The fourth-order valence-electron chi connectivity index (χ4n) is 2.26. The van der Waals surface area contributed by atoms with Gasteiger partial charge in [-0.3, -0.25) is 0 Å². The fraction of sp³-hybridized carbons (Fsp3) is 0.750. The van der Waals surface area contributed by atoms with Crippen molar-refractivity contribution in [2.75, 3.05) is 24.2 Å². The van der Waals surface area contributed by atoms with Crippen LogP contribution in [-0.4, -0.2) is 28.5 Å². The van der Waals surface area contributed by atoms with E-state index in [1.165, 1.54) is 0 Å². The van der Waals surface area contributed by atoms with Gasteiger partial charge in [0, 0.05) is 19.7 Å².